The molecule has 3 aromatic carbocycles. The monoisotopic (exact) mass is 739 g/mol. The number of H-pyrrole nitrogens is 1. The molecule has 11 nitrogen and oxygen atoms in total. The van der Waals surface area contributed by atoms with E-state index in [9.17, 15) is 19.1 Å². The number of nitrogens with one attached hydrogen (secondary N) is 3. The second-order valence-corrected chi connectivity index (χ2v) is 15.2. The number of carbonyl (C=O) groups is 2. The molecule has 1 aliphatic heterocycles. The number of hydrogen-bond acceptors (Lipinski definition) is 8. The molecule has 2 amide bonds. The summed E-state index contributed by atoms with van der Waals surface area (Å²) in [7, 11) is 0. The predicted molar refractivity (Wildman–Crippen MR) is 205 cm³/mol. The van der Waals surface area contributed by atoms with E-state index in [-0.39, 0.29) is 11.3 Å². The van der Waals surface area contributed by atoms with Gasteiger partial charge in [0.25, 0.3) is 5.91 Å². The molecule has 0 bridgehead atoms. The van der Waals surface area contributed by atoms with E-state index in [1.807, 2.05) is 26.8 Å². The number of ether oxygens (including phenoxy) is 1. The number of halogens is 2. The number of carbonyl (C=O) groups excluding carboxylic acids is 2. The maximum atomic E-state index is 15.1. The summed E-state index contributed by atoms with van der Waals surface area (Å²) >= 11 is 0. The topological polar surface area (TPSA) is 136 Å². The summed E-state index contributed by atoms with van der Waals surface area (Å²) in [6.45, 7) is 16.2. The van der Waals surface area contributed by atoms with E-state index >= 15 is 4.39 Å². The maximum absolute atomic E-state index is 15.1. The molecule has 0 radical (unpaired) electrons. The van der Waals surface area contributed by atoms with Gasteiger partial charge in [-0.1, -0.05) is 30.3 Å². The molecule has 0 aliphatic carbocycles. The number of piperazine rings is 1. The summed E-state index contributed by atoms with van der Waals surface area (Å²) in [5, 5.41) is 16.4. The molecule has 0 atom stereocenters. The van der Waals surface area contributed by atoms with Gasteiger partial charge in [0, 0.05) is 68.1 Å². The van der Waals surface area contributed by atoms with Crippen molar-refractivity contribution >= 4 is 28.7 Å². The van der Waals surface area contributed by atoms with E-state index in [2.05, 4.69) is 59.7 Å². The average Bonchev–Trinajstić information content (AvgIpc) is 3.54. The minimum absolute atomic E-state index is 0.177. The standard InChI is InChI=1S/C41H47F2N7O4/c1-25-31(20-29(42)21-34(25)48-38(51)30-12-11-28(19-33(30)43)41(5,6)53)36-32-22-35(47-37(32)46-24-45-36)27-9-7-26(8-10-27)23-50-17-15-49(16-18-50)14-13-44-39(52)54-40(2,3)4/h7-12,19-22,24,53H,13-18,23H2,1-6H3,(H,44,52)(H,48,51)(H,45,46,47). The number of rotatable bonds is 10. The van der Waals surface area contributed by atoms with Crippen LogP contribution in [-0.2, 0) is 16.9 Å². The highest BCUT2D eigenvalue weighted by molar-refractivity contribution is 6.06. The molecule has 54 heavy (non-hydrogen) atoms. The average molecular weight is 740 g/mol. The van der Waals surface area contributed by atoms with Crippen LogP contribution in [0, 0.1) is 18.6 Å². The van der Waals surface area contributed by atoms with Crippen LogP contribution in [0.25, 0.3) is 33.5 Å². The highest BCUT2D eigenvalue weighted by Gasteiger charge is 2.23. The first kappa shape index (κ1) is 38.5. The number of aromatic amines is 1. The van der Waals surface area contributed by atoms with E-state index in [0.717, 1.165) is 56.6 Å². The second kappa shape index (κ2) is 15.6. The summed E-state index contributed by atoms with van der Waals surface area (Å²) < 4.78 is 35.3. The molecule has 1 fully saturated rings. The molecule has 13 heteroatoms. The van der Waals surface area contributed by atoms with Crippen molar-refractivity contribution in [1.82, 2.24) is 30.1 Å². The van der Waals surface area contributed by atoms with Crippen LogP contribution in [0.15, 0.2) is 67.0 Å². The smallest absolute Gasteiger partial charge is 0.407 e. The zero-order chi connectivity index (χ0) is 38.8. The molecule has 5 aromatic rings. The third kappa shape index (κ3) is 9.27. The van der Waals surface area contributed by atoms with Gasteiger partial charge in [-0.2, -0.15) is 0 Å². The third-order valence-corrected chi connectivity index (χ3v) is 9.45. The predicted octanol–water partition coefficient (Wildman–Crippen LogP) is 7.00. The Morgan fingerprint density at radius 1 is 0.926 bits per heavy atom. The van der Waals surface area contributed by atoms with Crippen molar-refractivity contribution in [1.29, 1.82) is 0 Å². The second-order valence-electron chi connectivity index (χ2n) is 15.2. The van der Waals surface area contributed by atoms with E-state index < -0.39 is 34.8 Å². The van der Waals surface area contributed by atoms with E-state index in [0.29, 0.717) is 40.0 Å². The van der Waals surface area contributed by atoms with E-state index in [1.165, 1.54) is 50.0 Å². The Hall–Kier alpha value is -5.24. The normalized spacial score (nSPS) is 14.3. The maximum Gasteiger partial charge on any atom is 0.407 e. The Morgan fingerprint density at radius 2 is 1.63 bits per heavy atom. The third-order valence-electron chi connectivity index (χ3n) is 9.45. The van der Waals surface area contributed by atoms with Gasteiger partial charge in [0.1, 0.15) is 29.2 Å². The number of fused-ring (bicyclic) bond motifs is 1. The Balaban J connectivity index is 1.11. The lowest BCUT2D eigenvalue weighted by Crippen LogP contribution is -2.48. The molecule has 6 rings (SSSR count). The minimum atomic E-state index is -1.28. The number of anilines is 1. The van der Waals surface area contributed by atoms with Crippen LogP contribution in [0.4, 0.5) is 19.3 Å². The van der Waals surface area contributed by atoms with E-state index in [4.69, 9.17) is 4.74 Å². The van der Waals surface area contributed by atoms with Gasteiger partial charge in [0.2, 0.25) is 0 Å². The van der Waals surface area contributed by atoms with Crippen LogP contribution in [0.1, 0.15) is 61.7 Å². The lowest BCUT2D eigenvalue weighted by atomic mass is 9.96. The summed E-state index contributed by atoms with van der Waals surface area (Å²) in [5.41, 5.74) is 3.48. The van der Waals surface area contributed by atoms with Crippen molar-refractivity contribution < 1.29 is 28.2 Å². The quantitative estimate of drug-likeness (QED) is 0.120. The van der Waals surface area contributed by atoms with Gasteiger partial charge in [-0.05, 0) is 94.1 Å². The van der Waals surface area contributed by atoms with Gasteiger partial charge in [-0.25, -0.2) is 23.5 Å². The molecule has 0 saturated carbocycles. The molecule has 4 N–H and O–H groups in total. The summed E-state index contributed by atoms with van der Waals surface area (Å²) in [4.78, 5) is 42.1. The van der Waals surface area contributed by atoms with Gasteiger partial charge in [-0.15, -0.1) is 0 Å². The Morgan fingerprint density at radius 3 is 2.30 bits per heavy atom. The molecule has 1 aliphatic rings. The highest BCUT2D eigenvalue weighted by Crippen LogP contribution is 2.35. The molecule has 0 unspecified atom stereocenters. The van der Waals surface area contributed by atoms with Crippen LogP contribution >= 0.6 is 0 Å². The number of benzene rings is 3. The van der Waals surface area contributed by atoms with Gasteiger partial charge in [0.15, 0.2) is 0 Å². The molecule has 1 saturated heterocycles. The number of aliphatic hydroxyl groups is 1. The summed E-state index contributed by atoms with van der Waals surface area (Å²) in [5.74, 6) is -2.15. The van der Waals surface area contributed by atoms with Gasteiger partial charge in [0.05, 0.1) is 16.9 Å². The van der Waals surface area contributed by atoms with Crippen LogP contribution in [-0.4, -0.2) is 86.7 Å². The van der Waals surface area contributed by atoms with Crippen molar-refractivity contribution in [3.63, 3.8) is 0 Å². The van der Waals surface area contributed by atoms with Crippen molar-refractivity contribution in [3.05, 3.63) is 101 Å². The zero-order valence-electron chi connectivity index (χ0n) is 31.5. The van der Waals surface area contributed by atoms with Crippen LogP contribution in [0.5, 0.6) is 0 Å². The number of aromatic nitrogens is 3. The first-order valence-corrected chi connectivity index (χ1v) is 18.0. The molecule has 2 aromatic heterocycles. The Bertz CT molecular complexity index is 2150. The zero-order valence-corrected chi connectivity index (χ0v) is 31.5. The fourth-order valence-electron chi connectivity index (χ4n) is 6.48. The van der Waals surface area contributed by atoms with Crippen LogP contribution in [0.2, 0.25) is 0 Å². The Labute approximate surface area is 313 Å². The Kier molecular flexibility index (Phi) is 11.1. The van der Waals surface area contributed by atoms with Crippen molar-refractivity contribution in [2.24, 2.45) is 0 Å². The van der Waals surface area contributed by atoms with Gasteiger partial charge >= 0.3 is 6.09 Å². The molecule has 3 heterocycles. The number of hydrogen-bond donors (Lipinski definition) is 4. The lowest BCUT2D eigenvalue weighted by molar-refractivity contribution is 0.0515. The molecule has 0 spiro atoms. The highest BCUT2D eigenvalue weighted by atomic mass is 19.1. The summed E-state index contributed by atoms with van der Waals surface area (Å²) in [6.07, 6.45) is 1.01. The van der Waals surface area contributed by atoms with Gasteiger partial charge in [-0.3, -0.25) is 14.6 Å². The van der Waals surface area contributed by atoms with Crippen molar-refractivity contribution in [2.75, 3.05) is 44.6 Å². The summed E-state index contributed by atoms with van der Waals surface area (Å²) in [6, 6.07) is 16.7. The SMILES string of the molecule is Cc1c(NC(=O)c2ccc(C(C)(C)O)cc2F)cc(F)cc1-c1ncnc2[nH]c(-c3ccc(CN4CCN(CCNC(=O)OC(C)(C)C)CC4)cc3)cc12. The fraction of sp³-hybridized carbons (Fsp3) is 0.366. The number of alkyl carbamates (subject to hydrolysis) is 1. The largest absolute Gasteiger partial charge is 0.444 e. The number of amides is 2. The van der Waals surface area contributed by atoms with Gasteiger partial charge < -0.3 is 25.5 Å². The van der Waals surface area contributed by atoms with Crippen LogP contribution < -0.4 is 10.6 Å². The van der Waals surface area contributed by atoms with Crippen LogP contribution in [0.3, 0.4) is 0 Å². The number of nitrogens with zero attached hydrogens (tertiary/aromatic N) is 4. The minimum Gasteiger partial charge on any atom is -0.444 e. The lowest BCUT2D eigenvalue weighted by Gasteiger charge is -2.34. The first-order chi connectivity index (χ1) is 25.5. The van der Waals surface area contributed by atoms with Crippen molar-refractivity contribution in [3.8, 4) is 22.5 Å². The first-order valence-electron chi connectivity index (χ1n) is 18.0. The van der Waals surface area contributed by atoms with E-state index in [1.54, 1.807) is 6.92 Å². The molecular formula is C41H47F2N7O4. The van der Waals surface area contributed by atoms with Crippen molar-refractivity contribution in [2.45, 2.75) is 59.3 Å². The fourth-order valence-corrected chi connectivity index (χ4v) is 6.48. The molecular weight excluding hydrogens is 692 g/mol. The molecule has 284 valence electrons.